The molecule has 3 aromatic heterocycles. The highest BCUT2D eigenvalue weighted by atomic mass is 79.9. The van der Waals surface area contributed by atoms with Gasteiger partial charge >= 0.3 is 0 Å². The number of thioether (sulfide) groups is 1. The van der Waals surface area contributed by atoms with Gasteiger partial charge in [0, 0.05) is 16.4 Å². The molecule has 6 nitrogen and oxygen atoms in total. The van der Waals surface area contributed by atoms with Gasteiger partial charge in [-0.3, -0.25) is 0 Å². The Morgan fingerprint density at radius 3 is 2.96 bits per heavy atom. The second-order valence-corrected chi connectivity index (χ2v) is 7.45. The maximum absolute atomic E-state index is 5.88. The van der Waals surface area contributed by atoms with Crippen LogP contribution >= 0.6 is 27.7 Å². The van der Waals surface area contributed by atoms with Gasteiger partial charge in [-0.2, -0.15) is 0 Å². The first-order valence-corrected chi connectivity index (χ1v) is 9.65. The lowest BCUT2D eigenvalue weighted by Gasteiger charge is -2.05. The van der Waals surface area contributed by atoms with Crippen LogP contribution in [0.15, 0.2) is 50.6 Å². The molecule has 0 aliphatic heterocycles. The Kier molecular flexibility index (Phi) is 4.69. The second kappa shape index (κ2) is 7.13. The van der Waals surface area contributed by atoms with Crippen LogP contribution in [0.4, 0.5) is 0 Å². The fourth-order valence-corrected chi connectivity index (χ4v) is 3.79. The maximum atomic E-state index is 5.88. The van der Waals surface area contributed by atoms with E-state index in [4.69, 9.17) is 9.15 Å². The van der Waals surface area contributed by atoms with E-state index in [0.717, 1.165) is 37.9 Å². The molecular weight excluding hydrogens is 416 g/mol. The second-order valence-electron chi connectivity index (χ2n) is 5.57. The standard InChI is InChI=1S/C18H15BrN4O2S/c1-10-14(9-26-18-22-13-4-3-7-20-16(13)23-18)21-17(25-10)12-8-11(19)5-6-15(12)24-2/h3-8H,9H2,1-2H3,(H,20,22,23). The Balaban J connectivity index is 1.58. The number of halogens is 1. The Morgan fingerprint density at radius 1 is 1.27 bits per heavy atom. The molecule has 0 unspecified atom stereocenters. The number of pyridine rings is 1. The van der Waals surface area contributed by atoms with E-state index in [1.54, 1.807) is 25.1 Å². The Labute approximate surface area is 162 Å². The molecule has 0 bridgehead atoms. The molecule has 0 saturated heterocycles. The van der Waals surface area contributed by atoms with Crippen molar-refractivity contribution in [2.24, 2.45) is 0 Å². The number of aromatic nitrogens is 4. The summed E-state index contributed by atoms with van der Waals surface area (Å²) in [5.74, 6) is 2.69. The summed E-state index contributed by atoms with van der Waals surface area (Å²) in [6, 6.07) is 9.58. The molecule has 0 aliphatic carbocycles. The van der Waals surface area contributed by atoms with E-state index >= 15 is 0 Å². The third kappa shape index (κ3) is 3.34. The minimum absolute atomic E-state index is 0.544. The van der Waals surface area contributed by atoms with Crippen molar-refractivity contribution >= 4 is 38.9 Å². The first-order chi connectivity index (χ1) is 12.6. The van der Waals surface area contributed by atoms with Crippen molar-refractivity contribution in [3.63, 3.8) is 0 Å². The molecule has 0 amide bonds. The molecule has 132 valence electrons. The van der Waals surface area contributed by atoms with Gasteiger partial charge in [0.1, 0.15) is 11.5 Å². The first-order valence-electron chi connectivity index (χ1n) is 7.88. The summed E-state index contributed by atoms with van der Waals surface area (Å²) < 4.78 is 12.2. The Bertz CT molecular complexity index is 1040. The molecule has 0 saturated carbocycles. The summed E-state index contributed by atoms with van der Waals surface area (Å²) in [6.45, 7) is 1.91. The van der Waals surface area contributed by atoms with Crippen molar-refractivity contribution in [3.05, 3.63) is 52.5 Å². The van der Waals surface area contributed by atoms with Crippen molar-refractivity contribution in [2.45, 2.75) is 17.8 Å². The molecule has 1 N–H and O–H groups in total. The van der Waals surface area contributed by atoms with Crippen LogP contribution in [0, 0.1) is 6.92 Å². The van der Waals surface area contributed by atoms with Gasteiger partial charge in [0.15, 0.2) is 10.8 Å². The van der Waals surface area contributed by atoms with E-state index in [2.05, 4.69) is 35.9 Å². The van der Waals surface area contributed by atoms with Crippen LogP contribution < -0.4 is 4.74 Å². The summed E-state index contributed by atoms with van der Waals surface area (Å²) >= 11 is 5.04. The topological polar surface area (TPSA) is 76.8 Å². The molecule has 26 heavy (non-hydrogen) atoms. The molecule has 0 aliphatic rings. The molecule has 8 heteroatoms. The molecular formula is C18H15BrN4O2S. The number of methoxy groups -OCH3 is 1. The van der Waals surface area contributed by atoms with E-state index in [-0.39, 0.29) is 0 Å². The summed E-state index contributed by atoms with van der Waals surface area (Å²) in [7, 11) is 1.63. The number of aryl methyl sites for hydroxylation is 1. The van der Waals surface area contributed by atoms with Crippen LogP contribution in [-0.4, -0.2) is 27.0 Å². The number of benzene rings is 1. The average molecular weight is 431 g/mol. The molecule has 0 radical (unpaired) electrons. The largest absolute Gasteiger partial charge is 0.496 e. The number of oxazole rings is 1. The zero-order chi connectivity index (χ0) is 18.1. The summed E-state index contributed by atoms with van der Waals surface area (Å²) in [6.07, 6.45) is 1.73. The smallest absolute Gasteiger partial charge is 0.230 e. The maximum Gasteiger partial charge on any atom is 0.230 e. The molecule has 0 spiro atoms. The molecule has 1 aromatic carbocycles. The van der Waals surface area contributed by atoms with Gasteiger partial charge in [0.25, 0.3) is 0 Å². The predicted molar refractivity (Wildman–Crippen MR) is 104 cm³/mol. The zero-order valence-corrected chi connectivity index (χ0v) is 16.5. The van der Waals surface area contributed by atoms with Gasteiger partial charge in [0.05, 0.1) is 23.9 Å². The fourth-order valence-electron chi connectivity index (χ4n) is 2.55. The SMILES string of the molecule is COc1ccc(Br)cc1-c1nc(CSc2nc3ncccc3[nH]2)c(C)o1. The van der Waals surface area contributed by atoms with E-state index in [1.807, 2.05) is 37.3 Å². The van der Waals surface area contributed by atoms with Crippen LogP contribution in [0.2, 0.25) is 0 Å². The number of rotatable bonds is 5. The number of ether oxygens (including phenoxy) is 1. The van der Waals surface area contributed by atoms with E-state index in [0.29, 0.717) is 17.3 Å². The number of nitrogens with one attached hydrogen (secondary N) is 1. The van der Waals surface area contributed by atoms with Gasteiger partial charge in [-0.05, 0) is 37.3 Å². The number of nitrogens with zero attached hydrogens (tertiary/aromatic N) is 3. The van der Waals surface area contributed by atoms with Crippen LogP contribution in [0.1, 0.15) is 11.5 Å². The van der Waals surface area contributed by atoms with Gasteiger partial charge in [-0.1, -0.05) is 27.7 Å². The number of aromatic amines is 1. The highest BCUT2D eigenvalue weighted by Crippen LogP contribution is 2.34. The van der Waals surface area contributed by atoms with Crippen molar-refractivity contribution < 1.29 is 9.15 Å². The molecule has 4 aromatic rings. The lowest BCUT2D eigenvalue weighted by atomic mass is 10.2. The number of fused-ring (bicyclic) bond motifs is 1. The van der Waals surface area contributed by atoms with Crippen molar-refractivity contribution in [1.82, 2.24) is 19.9 Å². The normalized spacial score (nSPS) is 11.2. The molecule has 3 heterocycles. The summed E-state index contributed by atoms with van der Waals surface area (Å²) in [5, 5.41) is 0.808. The zero-order valence-electron chi connectivity index (χ0n) is 14.1. The van der Waals surface area contributed by atoms with Gasteiger partial charge in [0.2, 0.25) is 5.89 Å². The van der Waals surface area contributed by atoms with Gasteiger partial charge in [-0.25, -0.2) is 15.0 Å². The van der Waals surface area contributed by atoms with Crippen molar-refractivity contribution in [2.75, 3.05) is 7.11 Å². The number of hydrogen-bond donors (Lipinski definition) is 1. The highest BCUT2D eigenvalue weighted by Gasteiger charge is 2.16. The third-order valence-electron chi connectivity index (χ3n) is 3.87. The van der Waals surface area contributed by atoms with E-state index in [9.17, 15) is 0 Å². The monoisotopic (exact) mass is 430 g/mol. The van der Waals surface area contributed by atoms with E-state index in [1.165, 1.54) is 0 Å². The lowest BCUT2D eigenvalue weighted by Crippen LogP contribution is -1.89. The van der Waals surface area contributed by atoms with E-state index < -0.39 is 0 Å². The molecule has 0 atom stereocenters. The minimum Gasteiger partial charge on any atom is -0.496 e. The van der Waals surface area contributed by atoms with Crippen molar-refractivity contribution in [3.8, 4) is 17.2 Å². The van der Waals surface area contributed by atoms with Crippen LogP contribution in [-0.2, 0) is 5.75 Å². The fraction of sp³-hybridized carbons (Fsp3) is 0.167. The minimum atomic E-state index is 0.544. The number of hydrogen-bond acceptors (Lipinski definition) is 6. The lowest BCUT2D eigenvalue weighted by molar-refractivity contribution is 0.414. The quantitative estimate of drug-likeness (QED) is 0.449. The van der Waals surface area contributed by atoms with Crippen LogP contribution in [0.25, 0.3) is 22.6 Å². The number of H-pyrrole nitrogens is 1. The summed E-state index contributed by atoms with van der Waals surface area (Å²) in [4.78, 5) is 16.6. The van der Waals surface area contributed by atoms with Crippen LogP contribution in [0.5, 0.6) is 5.75 Å². The number of imidazole rings is 1. The Morgan fingerprint density at radius 2 is 2.15 bits per heavy atom. The Hall–Kier alpha value is -2.32. The highest BCUT2D eigenvalue weighted by molar-refractivity contribution is 9.10. The van der Waals surface area contributed by atoms with Gasteiger partial charge in [-0.15, -0.1) is 0 Å². The molecule has 4 rings (SSSR count). The van der Waals surface area contributed by atoms with Crippen LogP contribution in [0.3, 0.4) is 0 Å². The first kappa shape index (κ1) is 17.1. The third-order valence-corrected chi connectivity index (χ3v) is 5.24. The van der Waals surface area contributed by atoms with Gasteiger partial charge < -0.3 is 14.1 Å². The summed E-state index contributed by atoms with van der Waals surface area (Å²) in [5.41, 5.74) is 3.33. The molecule has 0 fully saturated rings. The van der Waals surface area contributed by atoms with Crippen molar-refractivity contribution in [1.29, 1.82) is 0 Å². The predicted octanol–water partition coefficient (Wildman–Crippen LogP) is 4.98. The average Bonchev–Trinajstić information content (AvgIpc) is 3.22.